The third-order valence-electron chi connectivity index (χ3n) is 6.61. The molecule has 1 amide bonds. The minimum absolute atomic E-state index is 0.0136. The van der Waals surface area contributed by atoms with E-state index >= 15 is 0 Å². The van der Waals surface area contributed by atoms with Crippen LogP contribution in [0.1, 0.15) is 24.0 Å². The number of hydrogen-bond acceptors (Lipinski definition) is 3. The monoisotopic (exact) mass is 547 g/mol. The molecule has 1 aliphatic heterocycles. The largest absolute Gasteiger partial charge is 0.370 e. The van der Waals surface area contributed by atoms with Gasteiger partial charge in [0.05, 0.1) is 17.2 Å². The van der Waals surface area contributed by atoms with Gasteiger partial charge in [-0.3, -0.25) is 4.79 Å². The van der Waals surface area contributed by atoms with Crippen LogP contribution in [0.25, 0.3) is 0 Å². The number of amides is 1. The van der Waals surface area contributed by atoms with Crippen molar-refractivity contribution in [3.63, 3.8) is 0 Å². The van der Waals surface area contributed by atoms with E-state index in [-0.39, 0.29) is 11.9 Å². The highest BCUT2D eigenvalue weighted by atomic mass is 79.9. The van der Waals surface area contributed by atoms with E-state index < -0.39 is 5.41 Å². The molecule has 174 valence electrons. The summed E-state index contributed by atoms with van der Waals surface area (Å²) in [5, 5.41) is 7.75. The van der Waals surface area contributed by atoms with Crippen LogP contribution in [0, 0.1) is 5.92 Å². The molecular weight excluding hydrogens is 521 g/mol. The van der Waals surface area contributed by atoms with Gasteiger partial charge in [0.1, 0.15) is 0 Å². The Kier molecular flexibility index (Phi) is 7.57. The molecule has 7 heteroatoms. The van der Waals surface area contributed by atoms with Gasteiger partial charge in [-0.15, -0.1) is 5.73 Å². The summed E-state index contributed by atoms with van der Waals surface area (Å²) in [4.78, 5) is 15.8. The summed E-state index contributed by atoms with van der Waals surface area (Å²) in [5.74, 6) is 0.574. The Morgan fingerprint density at radius 2 is 1.97 bits per heavy atom. The van der Waals surface area contributed by atoms with E-state index in [1.165, 1.54) is 0 Å². The summed E-state index contributed by atoms with van der Waals surface area (Å²) in [5.41, 5.74) is 5.39. The number of rotatable bonds is 9. The van der Waals surface area contributed by atoms with Crippen molar-refractivity contribution >= 4 is 45.0 Å². The molecule has 2 aliphatic rings. The molecule has 0 aromatic heterocycles. The molecule has 1 saturated heterocycles. The highest BCUT2D eigenvalue weighted by Crippen LogP contribution is 2.51. The van der Waals surface area contributed by atoms with Crippen molar-refractivity contribution < 1.29 is 4.79 Å². The Morgan fingerprint density at radius 1 is 1.27 bits per heavy atom. The second-order valence-corrected chi connectivity index (χ2v) is 10.8. The molecule has 4 nitrogen and oxygen atoms in total. The van der Waals surface area contributed by atoms with Crippen LogP contribution in [0.15, 0.2) is 64.9 Å². The maximum absolute atomic E-state index is 13.7. The third-order valence-corrected chi connectivity index (χ3v) is 7.69. The van der Waals surface area contributed by atoms with Crippen LogP contribution < -0.4 is 10.6 Å². The molecule has 33 heavy (non-hydrogen) atoms. The third kappa shape index (κ3) is 5.50. The van der Waals surface area contributed by atoms with Gasteiger partial charge in [-0.1, -0.05) is 63.9 Å². The van der Waals surface area contributed by atoms with E-state index in [0.29, 0.717) is 22.4 Å². The molecule has 0 spiro atoms. The lowest BCUT2D eigenvalue weighted by Gasteiger charge is -2.35. The summed E-state index contributed by atoms with van der Waals surface area (Å²) in [6, 6.07) is 13.3. The SMILES string of the molecule is C=C=C([C@H](Cc1ccc(Br)cc1)NC(=O)C1(c2ccc(Cl)cc2Cl)CC1)N(C)CC1CNC1. The zero-order chi connectivity index (χ0) is 23.6. The lowest BCUT2D eigenvalue weighted by molar-refractivity contribution is -0.124. The molecule has 2 aromatic carbocycles. The molecule has 0 unspecified atom stereocenters. The quantitative estimate of drug-likeness (QED) is 0.416. The number of nitrogens with zero attached hydrogens (tertiary/aromatic N) is 1. The van der Waals surface area contributed by atoms with E-state index in [9.17, 15) is 4.79 Å². The number of hydrogen-bond donors (Lipinski definition) is 2. The van der Waals surface area contributed by atoms with Gasteiger partial charge in [-0.05, 0) is 54.7 Å². The molecule has 2 fully saturated rings. The van der Waals surface area contributed by atoms with E-state index in [2.05, 4.69) is 63.0 Å². The van der Waals surface area contributed by atoms with Gasteiger partial charge in [0.15, 0.2) is 0 Å². The molecular formula is C26H28BrCl2N3O. The van der Waals surface area contributed by atoms with Crippen molar-refractivity contribution in [3.8, 4) is 0 Å². The van der Waals surface area contributed by atoms with Crippen LogP contribution in [-0.2, 0) is 16.6 Å². The van der Waals surface area contributed by atoms with Gasteiger partial charge >= 0.3 is 0 Å². The smallest absolute Gasteiger partial charge is 0.231 e. The highest BCUT2D eigenvalue weighted by molar-refractivity contribution is 9.10. The number of benzene rings is 2. The number of likely N-dealkylation sites (N-methyl/N-ethyl adjacent to an activating group) is 1. The van der Waals surface area contributed by atoms with Gasteiger partial charge in [0.25, 0.3) is 0 Å². The first-order valence-electron chi connectivity index (χ1n) is 11.1. The van der Waals surface area contributed by atoms with Gasteiger partial charge in [0.2, 0.25) is 5.91 Å². The van der Waals surface area contributed by atoms with E-state index in [0.717, 1.165) is 53.8 Å². The first kappa shape index (κ1) is 24.4. The van der Waals surface area contributed by atoms with Crippen molar-refractivity contribution in [3.05, 3.63) is 86.1 Å². The number of nitrogens with one attached hydrogen (secondary N) is 2. The zero-order valence-corrected chi connectivity index (χ0v) is 21.7. The summed E-state index contributed by atoms with van der Waals surface area (Å²) in [6.45, 7) is 6.88. The van der Waals surface area contributed by atoms with Crippen molar-refractivity contribution in [1.82, 2.24) is 15.5 Å². The van der Waals surface area contributed by atoms with Gasteiger partial charge in [-0.25, -0.2) is 0 Å². The van der Waals surface area contributed by atoms with Crippen LogP contribution in [-0.4, -0.2) is 43.5 Å². The summed E-state index contributed by atoms with van der Waals surface area (Å²) in [7, 11) is 2.05. The number of carbonyl (C=O) groups is 1. The van der Waals surface area contributed by atoms with Crippen LogP contribution in [0.5, 0.6) is 0 Å². The predicted octanol–water partition coefficient (Wildman–Crippen LogP) is 5.34. The Labute approximate surface area is 214 Å². The van der Waals surface area contributed by atoms with Crippen molar-refractivity contribution in [2.75, 3.05) is 26.7 Å². The van der Waals surface area contributed by atoms with Crippen molar-refractivity contribution in [1.29, 1.82) is 0 Å². The molecule has 1 aliphatic carbocycles. The molecule has 4 rings (SSSR count). The van der Waals surface area contributed by atoms with Crippen LogP contribution in [0.2, 0.25) is 10.0 Å². The maximum Gasteiger partial charge on any atom is 0.231 e. The van der Waals surface area contributed by atoms with Crippen LogP contribution in [0.3, 0.4) is 0 Å². The second-order valence-electron chi connectivity index (χ2n) is 9.03. The molecule has 2 N–H and O–H groups in total. The summed E-state index contributed by atoms with van der Waals surface area (Å²) < 4.78 is 1.02. The minimum Gasteiger partial charge on any atom is -0.370 e. The second kappa shape index (κ2) is 10.2. The van der Waals surface area contributed by atoms with Gasteiger partial charge < -0.3 is 15.5 Å². The number of halogens is 3. The molecule has 0 bridgehead atoms. The fourth-order valence-electron chi connectivity index (χ4n) is 4.48. The average molecular weight is 549 g/mol. The Morgan fingerprint density at radius 3 is 2.52 bits per heavy atom. The summed E-state index contributed by atoms with van der Waals surface area (Å²) >= 11 is 16.1. The molecule has 1 atom stereocenters. The van der Waals surface area contributed by atoms with Crippen LogP contribution >= 0.6 is 39.1 Å². The maximum atomic E-state index is 13.7. The first-order valence-corrected chi connectivity index (χ1v) is 12.7. The topological polar surface area (TPSA) is 44.4 Å². The fourth-order valence-corrected chi connectivity index (χ4v) is 5.33. The van der Waals surface area contributed by atoms with E-state index in [1.54, 1.807) is 12.1 Å². The van der Waals surface area contributed by atoms with Crippen LogP contribution in [0.4, 0.5) is 0 Å². The highest BCUT2D eigenvalue weighted by Gasteiger charge is 2.53. The standard InChI is InChI=1S/C26H28BrCl2N3O/c1-3-24(32(2)16-18-14-30-15-18)23(12-17-4-6-19(27)7-5-17)31-25(33)26(10-11-26)21-9-8-20(28)13-22(21)29/h4-9,13,18,23,30H,1,10-12,14-16H2,2H3,(H,31,33)/t23-/m0/s1. The van der Waals surface area contributed by atoms with Gasteiger partial charge in [0, 0.05) is 47.1 Å². The summed E-state index contributed by atoms with van der Waals surface area (Å²) in [6.07, 6.45) is 2.18. The molecule has 1 heterocycles. The first-order chi connectivity index (χ1) is 15.8. The Balaban J connectivity index is 1.58. The molecule has 2 aromatic rings. The predicted molar refractivity (Wildman–Crippen MR) is 139 cm³/mol. The minimum atomic E-state index is -0.609. The average Bonchev–Trinajstić information content (AvgIpc) is 3.54. The van der Waals surface area contributed by atoms with Crippen molar-refractivity contribution in [2.45, 2.75) is 30.7 Å². The van der Waals surface area contributed by atoms with Gasteiger partial charge in [-0.2, -0.15) is 0 Å². The van der Waals surface area contributed by atoms with E-state index in [4.69, 9.17) is 23.2 Å². The van der Waals surface area contributed by atoms with E-state index in [1.807, 2.05) is 18.2 Å². The normalized spacial score (nSPS) is 17.5. The Hall–Kier alpha value is -1.75. The lowest BCUT2D eigenvalue weighted by atomic mass is 9.93. The fraction of sp³-hybridized carbons (Fsp3) is 0.385. The number of carbonyl (C=O) groups excluding carboxylic acids is 1. The Bertz CT molecular complexity index is 1070. The lowest BCUT2D eigenvalue weighted by Crippen LogP contribution is -2.50. The molecule has 1 saturated carbocycles. The van der Waals surface area contributed by atoms with Crippen molar-refractivity contribution in [2.24, 2.45) is 5.92 Å². The zero-order valence-electron chi connectivity index (χ0n) is 18.6. The molecule has 0 radical (unpaired) electrons.